The predicted molar refractivity (Wildman–Crippen MR) is 62.0 cm³/mol. The van der Waals surface area contributed by atoms with E-state index in [1.54, 1.807) is 6.20 Å². The fourth-order valence-electron chi connectivity index (χ4n) is 1.64. The number of aliphatic hydroxyl groups is 1. The molecule has 0 amide bonds. The quantitative estimate of drug-likeness (QED) is 0.695. The van der Waals surface area contributed by atoms with Crippen LogP contribution in [0.5, 0.6) is 0 Å². The summed E-state index contributed by atoms with van der Waals surface area (Å²) in [6, 6.07) is 10.2. The van der Waals surface area contributed by atoms with Crippen LogP contribution in [-0.4, -0.2) is 23.8 Å². The molecule has 82 valence electrons. The Labute approximate surface area is 91.0 Å². The zero-order chi connectivity index (χ0) is 11.1. The van der Waals surface area contributed by atoms with Crippen molar-refractivity contribution in [2.24, 2.45) is 0 Å². The van der Waals surface area contributed by atoms with E-state index >= 15 is 0 Å². The van der Waals surface area contributed by atoms with E-state index < -0.39 is 0 Å². The van der Waals surface area contributed by atoms with Crippen LogP contribution in [0, 0.1) is 0 Å². The monoisotopic (exact) mass is 206 g/mol. The van der Waals surface area contributed by atoms with Gasteiger partial charge in [-0.15, -0.1) is 0 Å². The van der Waals surface area contributed by atoms with E-state index in [2.05, 4.69) is 12.0 Å². The molecule has 0 aromatic heterocycles. The third kappa shape index (κ3) is 3.08. The number of hydrazine groups is 1. The first kappa shape index (κ1) is 11.8. The molecule has 15 heavy (non-hydrogen) atoms. The Morgan fingerprint density at radius 1 is 1.47 bits per heavy atom. The highest BCUT2D eigenvalue weighted by Gasteiger charge is 2.15. The first-order chi connectivity index (χ1) is 7.33. The van der Waals surface area contributed by atoms with Crippen molar-refractivity contribution in [2.75, 3.05) is 13.7 Å². The molecule has 1 aromatic carbocycles. The molecule has 0 heterocycles. The Morgan fingerprint density at radius 2 is 2.13 bits per heavy atom. The number of rotatable bonds is 6. The predicted octanol–water partition coefficient (Wildman–Crippen LogP) is 1.69. The largest absolute Gasteiger partial charge is 0.396 e. The average Bonchev–Trinajstić information content (AvgIpc) is 2.30. The van der Waals surface area contributed by atoms with Gasteiger partial charge in [-0.2, -0.15) is 0 Å². The molecule has 3 heteroatoms. The van der Waals surface area contributed by atoms with Crippen molar-refractivity contribution in [1.82, 2.24) is 10.4 Å². The van der Waals surface area contributed by atoms with Crippen LogP contribution < -0.4 is 5.43 Å². The highest BCUT2D eigenvalue weighted by Crippen LogP contribution is 2.22. The molecule has 0 aliphatic heterocycles. The highest BCUT2D eigenvalue weighted by molar-refractivity contribution is 5.19. The van der Waals surface area contributed by atoms with E-state index in [4.69, 9.17) is 5.11 Å². The van der Waals surface area contributed by atoms with Gasteiger partial charge in [0.05, 0.1) is 6.04 Å². The van der Waals surface area contributed by atoms with Crippen molar-refractivity contribution >= 4 is 0 Å². The van der Waals surface area contributed by atoms with Gasteiger partial charge in [0.2, 0.25) is 0 Å². The molecular formula is C12H18N2O. The number of hydrogen-bond acceptors (Lipinski definition) is 3. The molecule has 1 rings (SSSR count). The number of nitrogens with one attached hydrogen (secondary N) is 1. The molecule has 2 N–H and O–H groups in total. The van der Waals surface area contributed by atoms with Crippen LogP contribution in [0.1, 0.15) is 18.0 Å². The molecule has 0 saturated heterocycles. The third-order valence-corrected chi connectivity index (χ3v) is 2.38. The summed E-state index contributed by atoms with van der Waals surface area (Å²) in [6.45, 7) is 3.90. The van der Waals surface area contributed by atoms with Crippen LogP contribution in [0.2, 0.25) is 0 Å². The maximum atomic E-state index is 9.05. The van der Waals surface area contributed by atoms with Gasteiger partial charge < -0.3 is 10.1 Å². The summed E-state index contributed by atoms with van der Waals surface area (Å²) in [5.74, 6) is 0. The Morgan fingerprint density at radius 3 is 2.60 bits per heavy atom. The molecule has 0 bridgehead atoms. The summed E-state index contributed by atoms with van der Waals surface area (Å²) in [7, 11) is 1.84. The maximum absolute atomic E-state index is 9.05. The van der Waals surface area contributed by atoms with Gasteiger partial charge in [-0.3, -0.25) is 0 Å². The molecule has 0 aliphatic rings. The molecule has 0 saturated carbocycles. The van der Waals surface area contributed by atoms with Crippen molar-refractivity contribution < 1.29 is 5.11 Å². The van der Waals surface area contributed by atoms with Crippen molar-refractivity contribution in [3.05, 3.63) is 48.7 Å². The van der Waals surface area contributed by atoms with Crippen LogP contribution >= 0.6 is 0 Å². The van der Waals surface area contributed by atoms with Crippen molar-refractivity contribution in [3.63, 3.8) is 0 Å². The zero-order valence-corrected chi connectivity index (χ0v) is 9.06. The van der Waals surface area contributed by atoms with Crippen LogP contribution in [0.3, 0.4) is 0 Å². The van der Waals surface area contributed by atoms with Crippen molar-refractivity contribution in [1.29, 1.82) is 0 Å². The summed E-state index contributed by atoms with van der Waals surface area (Å²) in [5.41, 5.74) is 4.21. The number of benzene rings is 1. The standard InChI is InChI=1S/C12H18N2O/c1-3-14(13-2)12(9-10-15)11-7-5-4-6-8-11/h3-8,12-13,15H,1,9-10H2,2H3. The van der Waals surface area contributed by atoms with Crippen LogP contribution in [-0.2, 0) is 0 Å². The van der Waals surface area contributed by atoms with Gasteiger partial charge in [-0.05, 0) is 12.0 Å². The lowest BCUT2D eigenvalue weighted by molar-refractivity contribution is 0.169. The third-order valence-electron chi connectivity index (χ3n) is 2.38. The lowest BCUT2D eigenvalue weighted by atomic mass is 10.0. The summed E-state index contributed by atoms with van der Waals surface area (Å²) in [4.78, 5) is 0. The first-order valence-electron chi connectivity index (χ1n) is 5.07. The SMILES string of the molecule is C=CN(NC)C(CCO)c1ccccc1. The maximum Gasteiger partial charge on any atom is 0.0718 e. The van der Waals surface area contributed by atoms with Gasteiger partial charge in [-0.25, -0.2) is 5.43 Å². The summed E-state index contributed by atoms with van der Waals surface area (Å²) in [5, 5.41) is 10.9. The second kappa shape index (κ2) is 6.22. The van der Waals surface area contributed by atoms with E-state index in [0.29, 0.717) is 6.42 Å². The smallest absolute Gasteiger partial charge is 0.0718 e. The number of hydrogen-bond donors (Lipinski definition) is 2. The second-order valence-electron chi connectivity index (χ2n) is 3.25. The zero-order valence-electron chi connectivity index (χ0n) is 9.06. The van der Waals surface area contributed by atoms with E-state index in [0.717, 1.165) is 0 Å². The highest BCUT2D eigenvalue weighted by atomic mass is 16.3. The van der Waals surface area contributed by atoms with E-state index in [1.807, 2.05) is 42.4 Å². The van der Waals surface area contributed by atoms with Gasteiger partial charge in [-0.1, -0.05) is 36.9 Å². The number of aliphatic hydroxyl groups excluding tert-OH is 1. The molecule has 0 radical (unpaired) electrons. The van der Waals surface area contributed by atoms with E-state index in [-0.39, 0.29) is 12.6 Å². The van der Waals surface area contributed by atoms with E-state index in [1.165, 1.54) is 5.56 Å². The van der Waals surface area contributed by atoms with Gasteiger partial charge in [0.25, 0.3) is 0 Å². The Bertz CT molecular complexity index is 287. The molecule has 1 aromatic rings. The Balaban J connectivity index is 2.86. The molecule has 1 atom stereocenters. The van der Waals surface area contributed by atoms with Crippen LogP contribution in [0.25, 0.3) is 0 Å². The Hall–Kier alpha value is -1.32. The van der Waals surface area contributed by atoms with Crippen molar-refractivity contribution in [2.45, 2.75) is 12.5 Å². The van der Waals surface area contributed by atoms with Gasteiger partial charge >= 0.3 is 0 Å². The minimum Gasteiger partial charge on any atom is -0.396 e. The average molecular weight is 206 g/mol. The van der Waals surface area contributed by atoms with Crippen LogP contribution in [0.4, 0.5) is 0 Å². The van der Waals surface area contributed by atoms with E-state index in [9.17, 15) is 0 Å². The lowest BCUT2D eigenvalue weighted by Crippen LogP contribution is -2.34. The molecule has 0 aliphatic carbocycles. The normalized spacial score (nSPS) is 12.1. The second-order valence-corrected chi connectivity index (χ2v) is 3.25. The molecule has 1 unspecified atom stereocenters. The van der Waals surface area contributed by atoms with Gasteiger partial charge in [0.1, 0.15) is 0 Å². The molecule has 0 spiro atoms. The van der Waals surface area contributed by atoms with Gasteiger partial charge in [0, 0.05) is 19.9 Å². The first-order valence-corrected chi connectivity index (χ1v) is 5.07. The van der Waals surface area contributed by atoms with Crippen LogP contribution in [0.15, 0.2) is 43.1 Å². The molecule has 3 nitrogen and oxygen atoms in total. The fraction of sp³-hybridized carbons (Fsp3) is 0.333. The molecule has 0 fully saturated rings. The van der Waals surface area contributed by atoms with Gasteiger partial charge in [0.15, 0.2) is 0 Å². The minimum absolute atomic E-state index is 0.124. The topological polar surface area (TPSA) is 35.5 Å². The minimum atomic E-state index is 0.124. The fourth-order valence-corrected chi connectivity index (χ4v) is 1.64. The number of nitrogens with zero attached hydrogens (tertiary/aromatic N) is 1. The molecular weight excluding hydrogens is 188 g/mol. The summed E-state index contributed by atoms with van der Waals surface area (Å²) < 4.78 is 0. The summed E-state index contributed by atoms with van der Waals surface area (Å²) in [6.07, 6.45) is 2.41. The summed E-state index contributed by atoms with van der Waals surface area (Å²) >= 11 is 0. The lowest BCUT2D eigenvalue weighted by Gasteiger charge is -2.29. The Kier molecular flexibility index (Phi) is 4.87. The van der Waals surface area contributed by atoms with Crippen molar-refractivity contribution in [3.8, 4) is 0 Å².